The number of nitrogens with zero attached hydrogens (tertiary/aromatic N) is 2. The van der Waals surface area contributed by atoms with Gasteiger partial charge in [-0.15, -0.1) is 12.4 Å². The maximum Gasteiger partial charge on any atom is 0.236 e. The highest BCUT2D eigenvalue weighted by Gasteiger charge is 2.21. The molecule has 1 heterocycles. The number of piperidine rings is 1. The van der Waals surface area contributed by atoms with Crippen molar-refractivity contribution in [2.24, 2.45) is 11.7 Å². The third-order valence-corrected chi connectivity index (χ3v) is 4.09. The number of likely N-dealkylation sites (tertiary alicyclic amines) is 1. The molecule has 1 saturated heterocycles. The highest BCUT2D eigenvalue weighted by Crippen LogP contribution is 2.15. The minimum atomic E-state index is 0. The number of carbonyl (C=O) groups is 1. The van der Waals surface area contributed by atoms with Crippen molar-refractivity contribution in [3.63, 3.8) is 0 Å². The third-order valence-electron chi connectivity index (χ3n) is 4.09. The minimum absolute atomic E-state index is 0. The van der Waals surface area contributed by atoms with Gasteiger partial charge in [-0.1, -0.05) is 30.3 Å². The molecule has 1 aromatic rings. The average Bonchev–Trinajstić information content (AvgIpc) is 2.49. The van der Waals surface area contributed by atoms with E-state index in [0.717, 1.165) is 32.5 Å². The first kappa shape index (κ1) is 18.0. The van der Waals surface area contributed by atoms with E-state index in [1.807, 2.05) is 30.1 Å². The van der Waals surface area contributed by atoms with Gasteiger partial charge in [-0.3, -0.25) is 9.69 Å². The van der Waals surface area contributed by atoms with Crippen molar-refractivity contribution < 1.29 is 4.79 Å². The molecule has 4 nitrogen and oxygen atoms in total. The van der Waals surface area contributed by atoms with Crippen molar-refractivity contribution in [1.82, 2.24) is 9.80 Å². The molecule has 0 unspecified atom stereocenters. The van der Waals surface area contributed by atoms with E-state index in [-0.39, 0.29) is 18.3 Å². The quantitative estimate of drug-likeness (QED) is 0.901. The van der Waals surface area contributed by atoms with Gasteiger partial charge in [-0.2, -0.15) is 0 Å². The molecule has 2 rings (SSSR count). The Morgan fingerprint density at radius 1 is 1.29 bits per heavy atom. The first-order valence-electron chi connectivity index (χ1n) is 7.39. The van der Waals surface area contributed by atoms with E-state index in [4.69, 9.17) is 5.73 Å². The molecule has 0 spiro atoms. The van der Waals surface area contributed by atoms with Crippen LogP contribution in [-0.2, 0) is 11.3 Å². The first-order valence-corrected chi connectivity index (χ1v) is 7.39. The molecular weight excluding hydrogens is 286 g/mol. The smallest absolute Gasteiger partial charge is 0.236 e. The lowest BCUT2D eigenvalue weighted by Gasteiger charge is -2.31. The SMILES string of the molecule is CN(Cc1ccccc1)C(=O)CN1CCC(CN)CC1.Cl. The molecule has 0 saturated carbocycles. The van der Waals surface area contributed by atoms with E-state index in [9.17, 15) is 4.79 Å². The van der Waals surface area contributed by atoms with Crippen LogP contribution in [0, 0.1) is 5.92 Å². The Morgan fingerprint density at radius 3 is 2.48 bits per heavy atom. The maximum atomic E-state index is 12.2. The summed E-state index contributed by atoms with van der Waals surface area (Å²) in [4.78, 5) is 16.3. The van der Waals surface area contributed by atoms with Gasteiger partial charge in [0.15, 0.2) is 0 Å². The Morgan fingerprint density at radius 2 is 1.90 bits per heavy atom. The summed E-state index contributed by atoms with van der Waals surface area (Å²) in [5, 5.41) is 0. The van der Waals surface area contributed by atoms with Gasteiger partial charge in [0, 0.05) is 13.6 Å². The largest absolute Gasteiger partial charge is 0.340 e. The van der Waals surface area contributed by atoms with Crippen molar-refractivity contribution in [3.8, 4) is 0 Å². The standard InChI is InChI=1S/C16H25N3O.ClH/c1-18(12-15-5-3-2-4-6-15)16(20)13-19-9-7-14(11-17)8-10-19;/h2-6,14H,7-13,17H2,1H3;1H. The number of halogens is 1. The Labute approximate surface area is 133 Å². The summed E-state index contributed by atoms with van der Waals surface area (Å²) in [6, 6.07) is 10.1. The van der Waals surface area contributed by atoms with E-state index in [0.29, 0.717) is 19.0 Å². The molecule has 0 radical (unpaired) electrons. The van der Waals surface area contributed by atoms with Gasteiger partial charge in [0.2, 0.25) is 5.91 Å². The summed E-state index contributed by atoms with van der Waals surface area (Å²) < 4.78 is 0. The number of benzene rings is 1. The van der Waals surface area contributed by atoms with Gasteiger partial charge in [0.05, 0.1) is 6.54 Å². The molecule has 1 amide bonds. The molecular formula is C16H26ClN3O. The molecule has 0 aliphatic carbocycles. The summed E-state index contributed by atoms with van der Waals surface area (Å²) in [5.74, 6) is 0.837. The lowest BCUT2D eigenvalue weighted by molar-refractivity contribution is -0.132. The predicted octanol–water partition coefficient (Wildman–Crippen LogP) is 1.74. The molecule has 0 atom stereocenters. The van der Waals surface area contributed by atoms with E-state index in [1.165, 1.54) is 5.56 Å². The lowest BCUT2D eigenvalue weighted by Crippen LogP contribution is -2.42. The fourth-order valence-electron chi connectivity index (χ4n) is 2.64. The summed E-state index contributed by atoms with van der Waals surface area (Å²) in [6.07, 6.45) is 2.23. The lowest BCUT2D eigenvalue weighted by atomic mass is 9.97. The van der Waals surface area contributed by atoms with Crippen LogP contribution in [0.25, 0.3) is 0 Å². The molecule has 1 aliphatic heterocycles. The summed E-state index contributed by atoms with van der Waals surface area (Å²) in [6.45, 7) is 3.97. The van der Waals surface area contributed by atoms with E-state index in [1.54, 1.807) is 0 Å². The fraction of sp³-hybridized carbons (Fsp3) is 0.562. The van der Waals surface area contributed by atoms with Crippen LogP contribution in [0.5, 0.6) is 0 Å². The number of hydrogen-bond donors (Lipinski definition) is 1. The van der Waals surface area contributed by atoms with Crippen molar-refractivity contribution in [3.05, 3.63) is 35.9 Å². The molecule has 1 aromatic carbocycles. The van der Waals surface area contributed by atoms with E-state index < -0.39 is 0 Å². The number of nitrogens with two attached hydrogens (primary N) is 1. The zero-order chi connectivity index (χ0) is 14.4. The molecule has 5 heteroatoms. The molecule has 118 valence electrons. The van der Waals surface area contributed by atoms with E-state index >= 15 is 0 Å². The number of amides is 1. The highest BCUT2D eigenvalue weighted by molar-refractivity contribution is 5.85. The topological polar surface area (TPSA) is 49.6 Å². The van der Waals surface area contributed by atoms with Gasteiger partial charge in [0.25, 0.3) is 0 Å². The Hall–Kier alpha value is -1.10. The monoisotopic (exact) mass is 311 g/mol. The molecule has 21 heavy (non-hydrogen) atoms. The summed E-state index contributed by atoms with van der Waals surface area (Å²) in [7, 11) is 1.88. The fourth-order valence-corrected chi connectivity index (χ4v) is 2.64. The second kappa shape index (κ2) is 9.03. The normalized spacial score (nSPS) is 16.3. The van der Waals surface area contributed by atoms with E-state index in [2.05, 4.69) is 17.0 Å². The third kappa shape index (κ3) is 5.65. The van der Waals surface area contributed by atoms with Crippen LogP contribution in [0.3, 0.4) is 0 Å². The van der Waals surface area contributed by atoms with Crippen molar-refractivity contribution in [1.29, 1.82) is 0 Å². The molecule has 1 fully saturated rings. The Balaban J connectivity index is 0.00000220. The van der Waals surface area contributed by atoms with Crippen LogP contribution < -0.4 is 5.73 Å². The van der Waals surface area contributed by atoms with Crippen LogP contribution in [-0.4, -0.2) is 48.9 Å². The molecule has 2 N–H and O–H groups in total. The second-order valence-electron chi connectivity index (χ2n) is 5.69. The predicted molar refractivity (Wildman–Crippen MR) is 88.4 cm³/mol. The molecule has 1 aliphatic rings. The number of hydrogen-bond acceptors (Lipinski definition) is 3. The Kier molecular flexibility index (Phi) is 7.72. The van der Waals surface area contributed by atoms with Crippen LogP contribution >= 0.6 is 12.4 Å². The summed E-state index contributed by atoms with van der Waals surface area (Å²) >= 11 is 0. The van der Waals surface area contributed by atoms with Gasteiger partial charge < -0.3 is 10.6 Å². The van der Waals surface area contributed by atoms with Gasteiger partial charge in [0.1, 0.15) is 0 Å². The zero-order valence-electron chi connectivity index (χ0n) is 12.7. The molecule has 0 bridgehead atoms. The highest BCUT2D eigenvalue weighted by atomic mass is 35.5. The van der Waals surface area contributed by atoms with Gasteiger partial charge in [-0.25, -0.2) is 0 Å². The van der Waals surface area contributed by atoms with Crippen molar-refractivity contribution in [2.45, 2.75) is 19.4 Å². The van der Waals surface area contributed by atoms with Gasteiger partial charge >= 0.3 is 0 Å². The van der Waals surface area contributed by atoms with Crippen LogP contribution in [0.15, 0.2) is 30.3 Å². The second-order valence-corrected chi connectivity index (χ2v) is 5.69. The zero-order valence-corrected chi connectivity index (χ0v) is 13.5. The first-order chi connectivity index (χ1) is 9.69. The van der Waals surface area contributed by atoms with Crippen molar-refractivity contribution >= 4 is 18.3 Å². The van der Waals surface area contributed by atoms with Crippen LogP contribution in [0.4, 0.5) is 0 Å². The maximum absolute atomic E-state index is 12.2. The average molecular weight is 312 g/mol. The minimum Gasteiger partial charge on any atom is -0.340 e. The number of likely N-dealkylation sites (N-methyl/N-ethyl adjacent to an activating group) is 1. The van der Waals surface area contributed by atoms with Crippen molar-refractivity contribution in [2.75, 3.05) is 33.2 Å². The van der Waals surface area contributed by atoms with Crippen LogP contribution in [0.2, 0.25) is 0 Å². The van der Waals surface area contributed by atoms with Gasteiger partial charge in [-0.05, 0) is 44.0 Å². The number of rotatable bonds is 5. The summed E-state index contributed by atoms with van der Waals surface area (Å²) in [5.41, 5.74) is 6.86. The Bertz CT molecular complexity index is 419. The molecule has 0 aromatic heterocycles. The number of carbonyl (C=O) groups excluding carboxylic acids is 1. The van der Waals surface area contributed by atoms with Crippen LogP contribution in [0.1, 0.15) is 18.4 Å².